The maximum absolute atomic E-state index is 13.5. The standard InChI is InChI=1S/C16H18FN3O/c1-20(2)16(21)15-11-13(8-10-19-15)18-9-7-12-5-3-4-6-14(12)17/h3-6,8,10-11H,7,9H2,1-2H3,(H,18,19). The number of aromatic nitrogens is 1. The molecule has 4 nitrogen and oxygen atoms in total. The van der Waals surface area contributed by atoms with Gasteiger partial charge in [-0.2, -0.15) is 0 Å². The first-order chi connectivity index (χ1) is 10.1. The van der Waals surface area contributed by atoms with Crippen molar-refractivity contribution in [1.82, 2.24) is 9.88 Å². The van der Waals surface area contributed by atoms with Crippen molar-refractivity contribution in [3.05, 3.63) is 59.7 Å². The van der Waals surface area contributed by atoms with Gasteiger partial charge in [-0.1, -0.05) is 18.2 Å². The SMILES string of the molecule is CN(C)C(=O)c1cc(NCCc2ccccc2F)ccn1. The maximum atomic E-state index is 13.5. The van der Waals surface area contributed by atoms with E-state index in [1.165, 1.54) is 11.0 Å². The first kappa shape index (κ1) is 15.0. The first-order valence-corrected chi connectivity index (χ1v) is 6.73. The molecule has 21 heavy (non-hydrogen) atoms. The van der Waals surface area contributed by atoms with E-state index in [0.717, 1.165) is 5.69 Å². The molecule has 1 aromatic carbocycles. The van der Waals surface area contributed by atoms with Crippen molar-refractivity contribution in [1.29, 1.82) is 0 Å². The van der Waals surface area contributed by atoms with Crippen molar-refractivity contribution in [3.63, 3.8) is 0 Å². The Morgan fingerprint density at radius 2 is 2.05 bits per heavy atom. The Kier molecular flexibility index (Phi) is 4.87. The van der Waals surface area contributed by atoms with Crippen LogP contribution in [0.15, 0.2) is 42.6 Å². The van der Waals surface area contributed by atoms with Crippen LogP contribution >= 0.6 is 0 Å². The number of nitrogens with one attached hydrogen (secondary N) is 1. The summed E-state index contributed by atoms with van der Waals surface area (Å²) < 4.78 is 13.5. The molecule has 0 aliphatic heterocycles. The third-order valence-corrected chi connectivity index (χ3v) is 3.07. The third-order valence-electron chi connectivity index (χ3n) is 3.07. The van der Waals surface area contributed by atoms with Crippen molar-refractivity contribution in [2.24, 2.45) is 0 Å². The fourth-order valence-corrected chi connectivity index (χ4v) is 1.93. The molecule has 0 saturated heterocycles. The number of rotatable bonds is 5. The number of anilines is 1. The lowest BCUT2D eigenvalue weighted by atomic mass is 10.1. The molecular formula is C16H18FN3O. The molecule has 0 fully saturated rings. The summed E-state index contributed by atoms with van der Waals surface area (Å²) in [6.45, 7) is 0.584. The van der Waals surface area contributed by atoms with Crippen LogP contribution in [0.25, 0.3) is 0 Å². The number of amides is 1. The second-order valence-corrected chi connectivity index (χ2v) is 4.90. The lowest BCUT2D eigenvalue weighted by molar-refractivity contribution is 0.0822. The van der Waals surface area contributed by atoms with E-state index in [0.29, 0.717) is 24.2 Å². The molecule has 0 aliphatic rings. The molecular weight excluding hydrogens is 269 g/mol. The van der Waals surface area contributed by atoms with Gasteiger partial charge < -0.3 is 10.2 Å². The Labute approximate surface area is 123 Å². The van der Waals surface area contributed by atoms with E-state index in [1.807, 2.05) is 6.07 Å². The van der Waals surface area contributed by atoms with Crippen LogP contribution in [0.4, 0.5) is 10.1 Å². The molecule has 0 saturated carbocycles. The smallest absolute Gasteiger partial charge is 0.272 e. The van der Waals surface area contributed by atoms with E-state index in [1.54, 1.807) is 44.6 Å². The van der Waals surface area contributed by atoms with E-state index in [9.17, 15) is 9.18 Å². The molecule has 110 valence electrons. The van der Waals surface area contributed by atoms with Gasteiger partial charge in [-0.05, 0) is 30.2 Å². The lowest BCUT2D eigenvalue weighted by Gasteiger charge is -2.11. The van der Waals surface area contributed by atoms with Crippen molar-refractivity contribution in [2.75, 3.05) is 26.0 Å². The molecule has 1 aromatic heterocycles. The summed E-state index contributed by atoms with van der Waals surface area (Å²) in [6, 6.07) is 10.2. The fourth-order valence-electron chi connectivity index (χ4n) is 1.93. The van der Waals surface area contributed by atoms with Crippen LogP contribution in [-0.2, 0) is 6.42 Å². The third kappa shape index (κ3) is 4.02. The molecule has 0 atom stereocenters. The highest BCUT2D eigenvalue weighted by Gasteiger charge is 2.09. The molecule has 2 aromatic rings. The molecule has 0 bridgehead atoms. The van der Waals surface area contributed by atoms with Crippen LogP contribution < -0.4 is 5.32 Å². The number of carbonyl (C=O) groups excluding carboxylic acids is 1. The van der Waals surface area contributed by atoms with Crippen LogP contribution in [0.3, 0.4) is 0 Å². The second kappa shape index (κ2) is 6.83. The van der Waals surface area contributed by atoms with Crippen LogP contribution in [0, 0.1) is 5.82 Å². The highest BCUT2D eigenvalue weighted by Crippen LogP contribution is 2.11. The number of halogens is 1. The van der Waals surface area contributed by atoms with E-state index >= 15 is 0 Å². The minimum absolute atomic E-state index is 0.146. The first-order valence-electron chi connectivity index (χ1n) is 6.73. The number of benzene rings is 1. The highest BCUT2D eigenvalue weighted by molar-refractivity contribution is 5.92. The number of hydrogen-bond acceptors (Lipinski definition) is 3. The lowest BCUT2D eigenvalue weighted by Crippen LogP contribution is -2.22. The van der Waals surface area contributed by atoms with Crippen LogP contribution in [-0.4, -0.2) is 36.4 Å². The zero-order valence-electron chi connectivity index (χ0n) is 12.1. The quantitative estimate of drug-likeness (QED) is 0.919. The summed E-state index contributed by atoms with van der Waals surface area (Å²) in [6.07, 6.45) is 2.16. The summed E-state index contributed by atoms with van der Waals surface area (Å²) in [4.78, 5) is 17.4. The molecule has 1 heterocycles. The largest absolute Gasteiger partial charge is 0.385 e. The van der Waals surface area contributed by atoms with Gasteiger partial charge >= 0.3 is 0 Å². The average molecular weight is 287 g/mol. The van der Waals surface area contributed by atoms with Crippen molar-refractivity contribution >= 4 is 11.6 Å². The van der Waals surface area contributed by atoms with Crippen molar-refractivity contribution in [2.45, 2.75) is 6.42 Å². The van der Waals surface area contributed by atoms with Gasteiger partial charge in [0, 0.05) is 32.5 Å². The number of hydrogen-bond donors (Lipinski definition) is 1. The maximum Gasteiger partial charge on any atom is 0.272 e. The number of carbonyl (C=O) groups is 1. The molecule has 1 amide bonds. The predicted octanol–water partition coefficient (Wildman–Crippen LogP) is 2.58. The van der Waals surface area contributed by atoms with Gasteiger partial charge in [0.1, 0.15) is 11.5 Å². The Bertz CT molecular complexity index is 628. The topological polar surface area (TPSA) is 45.2 Å². The minimum Gasteiger partial charge on any atom is -0.385 e. The van der Waals surface area contributed by atoms with Gasteiger partial charge in [0.2, 0.25) is 0 Å². The summed E-state index contributed by atoms with van der Waals surface area (Å²) in [5.41, 5.74) is 1.85. The molecule has 0 spiro atoms. The zero-order valence-corrected chi connectivity index (χ0v) is 12.1. The molecule has 0 aliphatic carbocycles. The average Bonchev–Trinajstić information content (AvgIpc) is 2.48. The van der Waals surface area contributed by atoms with E-state index in [4.69, 9.17) is 0 Å². The minimum atomic E-state index is -0.197. The van der Waals surface area contributed by atoms with E-state index in [-0.39, 0.29) is 11.7 Å². The predicted molar refractivity (Wildman–Crippen MR) is 80.8 cm³/mol. The molecule has 2 rings (SSSR count). The Morgan fingerprint density at radius 1 is 1.29 bits per heavy atom. The summed E-state index contributed by atoms with van der Waals surface area (Å²) >= 11 is 0. The fraction of sp³-hybridized carbons (Fsp3) is 0.250. The van der Waals surface area contributed by atoms with Crippen LogP contribution in [0.2, 0.25) is 0 Å². The number of nitrogens with zero attached hydrogens (tertiary/aromatic N) is 2. The highest BCUT2D eigenvalue weighted by atomic mass is 19.1. The van der Waals surface area contributed by atoms with E-state index < -0.39 is 0 Å². The molecule has 0 radical (unpaired) electrons. The van der Waals surface area contributed by atoms with Gasteiger partial charge in [-0.3, -0.25) is 9.78 Å². The summed E-state index contributed by atoms with van der Waals surface area (Å²) in [7, 11) is 3.37. The van der Waals surface area contributed by atoms with Crippen molar-refractivity contribution < 1.29 is 9.18 Å². The van der Waals surface area contributed by atoms with Crippen LogP contribution in [0.5, 0.6) is 0 Å². The van der Waals surface area contributed by atoms with E-state index in [2.05, 4.69) is 10.3 Å². The normalized spacial score (nSPS) is 10.2. The zero-order chi connectivity index (χ0) is 15.2. The number of pyridine rings is 1. The van der Waals surface area contributed by atoms with Crippen molar-refractivity contribution in [3.8, 4) is 0 Å². The summed E-state index contributed by atoms with van der Waals surface area (Å²) in [5.74, 6) is -0.342. The Morgan fingerprint density at radius 3 is 2.76 bits per heavy atom. The van der Waals surface area contributed by atoms with Gasteiger partial charge in [-0.15, -0.1) is 0 Å². The van der Waals surface area contributed by atoms with Gasteiger partial charge in [-0.25, -0.2) is 4.39 Å². The van der Waals surface area contributed by atoms with Gasteiger partial charge in [0.05, 0.1) is 0 Å². The second-order valence-electron chi connectivity index (χ2n) is 4.90. The van der Waals surface area contributed by atoms with Crippen LogP contribution in [0.1, 0.15) is 16.1 Å². The monoisotopic (exact) mass is 287 g/mol. The van der Waals surface area contributed by atoms with Gasteiger partial charge in [0.25, 0.3) is 5.91 Å². The summed E-state index contributed by atoms with van der Waals surface area (Å²) in [5, 5.41) is 3.18. The molecule has 1 N–H and O–H groups in total. The van der Waals surface area contributed by atoms with Gasteiger partial charge in [0.15, 0.2) is 0 Å². The Hall–Kier alpha value is -2.43. The Balaban J connectivity index is 1.96. The molecule has 5 heteroatoms. The molecule has 0 unspecified atom stereocenters.